The van der Waals surface area contributed by atoms with Crippen LogP contribution in [0.15, 0.2) is 33.9 Å². The van der Waals surface area contributed by atoms with Gasteiger partial charge in [0.25, 0.3) is 5.56 Å². The number of nitrogens with one attached hydrogen (secondary N) is 1. The topological polar surface area (TPSA) is 84.4 Å². The first-order valence-electron chi connectivity index (χ1n) is 7.67. The third-order valence-electron chi connectivity index (χ3n) is 4.05. The molecule has 0 bridgehead atoms. The lowest BCUT2D eigenvalue weighted by molar-refractivity contribution is -0.138. The summed E-state index contributed by atoms with van der Waals surface area (Å²) < 4.78 is 6.87. The van der Waals surface area contributed by atoms with Crippen LogP contribution in [0.5, 0.6) is 0 Å². The summed E-state index contributed by atoms with van der Waals surface area (Å²) in [5.41, 5.74) is -0.351. The molecule has 0 aliphatic carbocycles. The monoisotopic (exact) mass is 317 g/mol. The van der Waals surface area contributed by atoms with Gasteiger partial charge in [0.1, 0.15) is 0 Å². The fourth-order valence-electron chi connectivity index (χ4n) is 2.87. The molecule has 3 rings (SSSR count). The minimum absolute atomic E-state index is 0.0117. The van der Waals surface area contributed by atoms with Crippen LogP contribution in [-0.2, 0) is 16.1 Å². The maximum absolute atomic E-state index is 12.3. The van der Waals surface area contributed by atoms with E-state index in [1.165, 1.54) is 4.57 Å². The van der Waals surface area contributed by atoms with E-state index in [9.17, 15) is 14.4 Å². The number of fused-ring (bicyclic) bond motifs is 1. The van der Waals surface area contributed by atoms with Crippen LogP contribution in [0.1, 0.15) is 13.3 Å². The normalized spacial score (nSPS) is 18.3. The number of aryl methyl sites for hydroxylation is 1. The molecule has 1 amide bonds. The number of rotatable bonds is 3. The maximum Gasteiger partial charge on any atom is 0.328 e. The van der Waals surface area contributed by atoms with Gasteiger partial charge in [-0.05, 0) is 19.1 Å². The van der Waals surface area contributed by atoms with Crippen LogP contribution in [0.2, 0.25) is 0 Å². The minimum Gasteiger partial charge on any atom is -0.375 e. The second-order valence-corrected chi connectivity index (χ2v) is 5.70. The smallest absolute Gasteiger partial charge is 0.328 e. The van der Waals surface area contributed by atoms with E-state index in [0.717, 1.165) is 0 Å². The van der Waals surface area contributed by atoms with Crippen molar-refractivity contribution in [3.05, 3.63) is 45.1 Å². The summed E-state index contributed by atoms with van der Waals surface area (Å²) in [5.74, 6) is -0.0117. The van der Waals surface area contributed by atoms with E-state index in [1.54, 1.807) is 29.2 Å². The first kappa shape index (κ1) is 15.5. The number of H-pyrrole nitrogens is 1. The number of carbonyl (C=O) groups excluding carboxylic acids is 1. The number of aromatic amines is 1. The molecule has 1 aliphatic heterocycles. The van der Waals surface area contributed by atoms with Crippen molar-refractivity contribution in [1.29, 1.82) is 0 Å². The Morgan fingerprint density at radius 2 is 2.13 bits per heavy atom. The number of para-hydroxylation sites is 1. The lowest BCUT2D eigenvalue weighted by atomic mass is 10.2. The molecule has 0 saturated carbocycles. The number of morpholine rings is 1. The van der Waals surface area contributed by atoms with Gasteiger partial charge < -0.3 is 9.64 Å². The molecule has 7 nitrogen and oxygen atoms in total. The largest absolute Gasteiger partial charge is 0.375 e. The predicted molar refractivity (Wildman–Crippen MR) is 85.4 cm³/mol. The first-order chi connectivity index (χ1) is 11.1. The molecule has 1 aliphatic rings. The van der Waals surface area contributed by atoms with Gasteiger partial charge in [-0.3, -0.25) is 19.1 Å². The molecule has 122 valence electrons. The number of ether oxygens (including phenoxy) is 1. The summed E-state index contributed by atoms with van der Waals surface area (Å²) in [6.45, 7) is 3.85. The standard InChI is InChI=1S/C16H19N3O4/c1-11-10-18(8-9-23-11)14(20)6-7-19-13-5-3-2-4-12(13)15(21)17-16(19)22/h2-5,11H,6-10H2,1H3,(H,17,21,22). The third kappa shape index (κ3) is 3.19. The number of benzene rings is 1. The average molecular weight is 317 g/mol. The van der Waals surface area contributed by atoms with Gasteiger partial charge >= 0.3 is 5.69 Å². The van der Waals surface area contributed by atoms with Gasteiger partial charge in [0, 0.05) is 26.1 Å². The van der Waals surface area contributed by atoms with Crippen LogP contribution in [-0.4, -0.2) is 46.2 Å². The van der Waals surface area contributed by atoms with Crippen molar-refractivity contribution < 1.29 is 9.53 Å². The molecule has 1 N–H and O–H groups in total. The summed E-state index contributed by atoms with van der Waals surface area (Å²) in [4.78, 5) is 40.2. The van der Waals surface area contributed by atoms with Crippen molar-refractivity contribution in [2.75, 3.05) is 19.7 Å². The van der Waals surface area contributed by atoms with Gasteiger partial charge in [0.05, 0.1) is 23.6 Å². The quantitative estimate of drug-likeness (QED) is 0.884. The summed E-state index contributed by atoms with van der Waals surface area (Å²) in [6.07, 6.45) is 0.243. The lowest BCUT2D eigenvalue weighted by Crippen LogP contribution is -2.45. The zero-order chi connectivity index (χ0) is 16.4. The van der Waals surface area contributed by atoms with Gasteiger partial charge in [0.2, 0.25) is 5.91 Å². The summed E-state index contributed by atoms with van der Waals surface area (Å²) in [6, 6.07) is 6.89. The van der Waals surface area contributed by atoms with Crippen molar-refractivity contribution in [3.8, 4) is 0 Å². The Morgan fingerprint density at radius 3 is 2.91 bits per heavy atom. The van der Waals surface area contributed by atoms with Gasteiger partial charge in [-0.1, -0.05) is 12.1 Å². The Kier molecular flexibility index (Phi) is 4.29. The average Bonchev–Trinajstić information content (AvgIpc) is 2.54. The van der Waals surface area contributed by atoms with Crippen LogP contribution in [0.3, 0.4) is 0 Å². The summed E-state index contributed by atoms with van der Waals surface area (Å²) in [5, 5.41) is 0.444. The molecule has 1 unspecified atom stereocenters. The van der Waals surface area contributed by atoms with Crippen molar-refractivity contribution in [2.45, 2.75) is 26.0 Å². The molecule has 1 aromatic carbocycles. The van der Waals surface area contributed by atoms with E-state index in [-0.39, 0.29) is 25.0 Å². The Hall–Kier alpha value is -2.41. The van der Waals surface area contributed by atoms with Crippen molar-refractivity contribution >= 4 is 16.8 Å². The van der Waals surface area contributed by atoms with Crippen LogP contribution < -0.4 is 11.2 Å². The minimum atomic E-state index is -0.489. The van der Waals surface area contributed by atoms with E-state index in [0.29, 0.717) is 30.6 Å². The van der Waals surface area contributed by atoms with Crippen LogP contribution in [0.25, 0.3) is 10.9 Å². The molecule has 1 saturated heterocycles. The highest BCUT2D eigenvalue weighted by Crippen LogP contribution is 2.09. The van der Waals surface area contributed by atoms with E-state index in [1.807, 2.05) is 6.92 Å². The number of aromatic nitrogens is 2. The fourth-order valence-corrected chi connectivity index (χ4v) is 2.87. The van der Waals surface area contributed by atoms with E-state index < -0.39 is 11.2 Å². The molecule has 1 atom stereocenters. The number of hydrogen-bond acceptors (Lipinski definition) is 4. The molecule has 2 aromatic rings. The van der Waals surface area contributed by atoms with Gasteiger partial charge in [-0.2, -0.15) is 0 Å². The highest BCUT2D eigenvalue weighted by molar-refractivity contribution is 5.79. The first-order valence-corrected chi connectivity index (χ1v) is 7.67. The number of hydrogen-bond donors (Lipinski definition) is 1. The molecule has 1 aromatic heterocycles. The Bertz CT molecular complexity index is 839. The van der Waals surface area contributed by atoms with E-state index in [4.69, 9.17) is 4.74 Å². The second kappa shape index (κ2) is 6.37. The summed E-state index contributed by atoms with van der Waals surface area (Å²) in [7, 11) is 0. The maximum atomic E-state index is 12.3. The zero-order valence-corrected chi connectivity index (χ0v) is 12.9. The van der Waals surface area contributed by atoms with Crippen LogP contribution in [0, 0.1) is 0 Å². The summed E-state index contributed by atoms with van der Waals surface area (Å²) >= 11 is 0. The molecule has 0 radical (unpaired) electrons. The third-order valence-corrected chi connectivity index (χ3v) is 4.05. The fraction of sp³-hybridized carbons (Fsp3) is 0.438. The molecule has 1 fully saturated rings. The lowest BCUT2D eigenvalue weighted by Gasteiger charge is -2.31. The number of carbonyl (C=O) groups is 1. The van der Waals surface area contributed by atoms with Gasteiger partial charge in [-0.15, -0.1) is 0 Å². The Labute approximate surface area is 132 Å². The molecular formula is C16H19N3O4. The SMILES string of the molecule is CC1CN(C(=O)CCn2c(=O)[nH]c(=O)c3ccccc32)CCO1. The van der Waals surface area contributed by atoms with Crippen LogP contribution in [0.4, 0.5) is 0 Å². The number of nitrogens with zero attached hydrogens (tertiary/aromatic N) is 2. The molecular weight excluding hydrogens is 298 g/mol. The molecule has 2 heterocycles. The van der Waals surface area contributed by atoms with Crippen molar-refractivity contribution in [1.82, 2.24) is 14.5 Å². The van der Waals surface area contributed by atoms with Crippen molar-refractivity contribution in [2.24, 2.45) is 0 Å². The van der Waals surface area contributed by atoms with E-state index >= 15 is 0 Å². The van der Waals surface area contributed by atoms with Gasteiger partial charge in [0.15, 0.2) is 0 Å². The zero-order valence-electron chi connectivity index (χ0n) is 12.9. The predicted octanol–water partition coefficient (Wildman–Crippen LogP) is 0.327. The number of amides is 1. The van der Waals surface area contributed by atoms with Crippen molar-refractivity contribution in [3.63, 3.8) is 0 Å². The highest BCUT2D eigenvalue weighted by Gasteiger charge is 2.21. The van der Waals surface area contributed by atoms with E-state index in [2.05, 4.69) is 4.98 Å². The Morgan fingerprint density at radius 1 is 1.35 bits per heavy atom. The molecule has 23 heavy (non-hydrogen) atoms. The Balaban J connectivity index is 1.81. The molecule has 0 spiro atoms. The highest BCUT2D eigenvalue weighted by atomic mass is 16.5. The van der Waals surface area contributed by atoms with Gasteiger partial charge in [-0.25, -0.2) is 4.79 Å². The van der Waals surface area contributed by atoms with Crippen LogP contribution >= 0.6 is 0 Å². The molecule has 7 heteroatoms. The second-order valence-electron chi connectivity index (χ2n) is 5.70.